The van der Waals surface area contributed by atoms with E-state index in [0.29, 0.717) is 27.2 Å². The van der Waals surface area contributed by atoms with Crippen molar-refractivity contribution in [1.29, 1.82) is 0 Å². The quantitative estimate of drug-likeness (QED) is 0.421. The van der Waals surface area contributed by atoms with E-state index < -0.39 is 0 Å². The van der Waals surface area contributed by atoms with Gasteiger partial charge in [0.2, 0.25) is 0 Å². The number of ether oxygens (including phenoxy) is 1. The minimum Gasteiger partial charge on any atom is -0.496 e. The van der Waals surface area contributed by atoms with Gasteiger partial charge in [-0.1, -0.05) is 41.1 Å². The van der Waals surface area contributed by atoms with Gasteiger partial charge in [-0.2, -0.15) is 0 Å². The molecule has 0 unspecified atom stereocenters. The first-order chi connectivity index (χ1) is 13.6. The van der Waals surface area contributed by atoms with Gasteiger partial charge < -0.3 is 9.15 Å². The van der Waals surface area contributed by atoms with Gasteiger partial charge in [0.05, 0.1) is 40.7 Å². The fourth-order valence-electron chi connectivity index (χ4n) is 2.96. The number of aromatic nitrogens is 1. The number of para-hydroxylation sites is 1. The van der Waals surface area contributed by atoms with Crippen LogP contribution in [0.3, 0.4) is 0 Å². The van der Waals surface area contributed by atoms with Crippen molar-refractivity contribution in [1.82, 2.24) is 4.98 Å². The number of fused-ring (bicyclic) bond motifs is 1. The van der Waals surface area contributed by atoms with Gasteiger partial charge in [-0.3, -0.25) is 9.69 Å². The first kappa shape index (κ1) is 18.5. The molecule has 1 amide bonds. The predicted octanol–water partition coefficient (Wildman–Crippen LogP) is 5.71. The molecule has 2 heterocycles. The third kappa shape index (κ3) is 3.37. The second kappa shape index (κ2) is 7.66. The Balaban J connectivity index is 1.83. The molecule has 5 nitrogen and oxygen atoms in total. The Labute approximate surface area is 171 Å². The molecule has 28 heavy (non-hydrogen) atoms. The van der Waals surface area contributed by atoms with Gasteiger partial charge in [0.25, 0.3) is 5.91 Å². The Morgan fingerprint density at radius 3 is 2.75 bits per heavy atom. The highest BCUT2D eigenvalue weighted by atomic mass is 35.5. The van der Waals surface area contributed by atoms with E-state index in [1.807, 2.05) is 31.2 Å². The van der Waals surface area contributed by atoms with Gasteiger partial charge in [0, 0.05) is 0 Å². The highest BCUT2D eigenvalue weighted by molar-refractivity contribution is 7.23. The third-order valence-corrected chi connectivity index (χ3v) is 5.93. The van der Waals surface area contributed by atoms with Crippen LogP contribution < -0.4 is 9.64 Å². The predicted molar refractivity (Wildman–Crippen MR) is 112 cm³/mol. The maximum atomic E-state index is 13.4. The van der Waals surface area contributed by atoms with E-state index in [-0.39, 0.29) is 12.5 Å². The molecule has 0 atom stereocenters. The Hall–Kier alpha value is -2.83. The maximum Gasteiger partial charge on any atom is 0.264 e. The van der Waals surface area contributed by atoms with Gasteiger partial charge in [-0.25, -0.2) is 4.98 Å². The zero-order chi connectivity index (χ0) is 19.7. The van der Waals surface area contributed by atoms with Crippen LogP contribution in [0.2, 0.25) is 5.02 Å². The standard InChI is InChI=1S/C21H17ClN2O3S/c1-13-9-10-16(22)19-18(13)23-21(28-19)24(12-14-6-5-11-27-14)20(25)15-7-3-4-8-17(15)26-2/h3-11H,12H2,1-2H3. The molecule has 0 fully saturated rings. The van der Waals surface area contributed by atoms with Crippen molar-refractivity contribution in [3.05, 3.63) is 76.7 Å². The van der Waals surface area contributed by atoms with E-state index in [2.05, 4.69) is 0 Å². The molecular formula is C21H17ClN2O3S. The molecule has 2 aromatic carbocycles. The molecule has 0 aliphatic rings. The maximum absolute atomic E-state index is 13.4. The van der Waals surface area contributed by atoms with Crippen molar-refractivity contribution < 1.29 is 13.9 Å². The lowest BCUT2D eigenvalue weighted by Crippen LogP contribution is -2.30. The van der Waals surface area contributed by atoms with Crippen molar-refractivity contribution in [3.63, 3.8) is 0 Å². The van der Waals surface area contributed by atoms with Gasteiger partial charge in [0.15, 0.2) is 5.13 Å². The van der Waals surface area contributed by atoms with Crippen LogP contribution in [-0.4, -0.2) is 18.0 Å². The van der Waals surface area contributed by atoms with Crippen LogP contribution in [0, 0.1) is 6.92 Å². The largest absolute Gasteiger partial charge is 0.496 e. The minimum atomic E-state index is -0.221. The number of thiazole rings is 1. The summed E-state index contributed by atoms with van der Waals surface area (Å²) in [5.74, 6) is 0.944. The molecule has 4 aromatic rings. The summed E-state index contributed by atoms with van der Waals surface area (Å²) in [6.07, 6.45) is 1.58. The SMILES string of the molecule is COc1ccccc1C(=O)N(Cc1ccco1)c1nc2c(C)ccc(Cl)c2s1. The Morgan fingerprint density at radius 1 is 1.21 bits per heavy atom. The van der Waals surface area contributed by atoms with Crippen LogP contribution in [0.4, 0.5) is 5.13 Å². The number of carbonyl (C=O) groups is 1. The molecular weight excluding hydrogens is 396 g/mol. The van der Waals surface area contributed by atoms with E-state index in [9.17, 15) is 4.79 Å². The molecule has 0 N–H and O–H groups in total. The van der Waals surface area contributed by atoms with Gasteiger partial charge >= 0.3 is 0 Å². The van der Waals surface area contributed by atoms with Crippen molar-refractivity contribution in [2.24, 2.45) is 0 Å². The molecule has 0 aliphatic heterocycles. The number of anilines is 1. The highest BCUT2D eigenvalue weighted by Crippen LogP contribution is 2.37. The van der Waals surface area contributed by atoms with E-state index in [1.54, 1.807) is 42.5 Å². The summed E-state index contributed by atoms with van der Waals surface area (Å²) in [4.78, 5) is 19.7. The smallest absolute Gasteiger partial charge is 0.264 e. The van der Waals surface area contributed by atoms with E-state index in [0.717, 1.165) is 15.8 Å². The van der Waals surface area contributed by atoms with Crippen LogP contribution in [0.25, 0.3) is 10.2 Å². The average molecular weight is 413 g/mol. The van der Waals surface area contributed by atoms with Gasteiger partial charge in [-0.05, 0) is 42.8 Å². The van der Waals surface area contributed by atoms with Gasteiger partial charge in [0.1, 0.15) is 11.5 Å². The summed E-state index contributed by atoms with van der Waals surface area (Å²) in [5.41, 5.74) is 2.26. The van der Waals surface area contributed by atoms with E-state index in [1.165, 1.54) is 11.3 Å². The molecule has 0 bridgehead atoms. The second-order valence-corrected chi connectivity index (χ2v) is 7.59. The zero-order valence-corrected chi connectivity index (χ0v) is 16.9. The number of methoxy groups -OCH3 is 1. The molecule has 0 saturated carbocycles. The molecule has 2 aromatic heterocycles. The van der Waals surface area contributed by atoms with Crippen LogP contribution >= 0.6 is 22.9 Å². The van der Waals surface area contributed by atoms with Crippen molar-refractivity contribution in [2.45, 2.75) is 13.5 Å². The highest BCUT2D eigenvalue weighted by Gasteiger charge is 2.25. The summed E-state index contributed by atoms with van der Waals surface area (Å²) in [6.45, 7) is 2.22. The lowest BCUT2D eigenvalue weighted by Gasteiger charge is -2.20. The average Bonchev–Trinajstić information content (AvgIpc) is 3.39. The number of benzene rings is 2. The Kier molecular flexibility index (Phi) is 5.07. The number of carbonyl (C=O) groups excluding carboxylic acids is 1. The van der Waals surface area contributed by atoms with Crippen molar-refractivity contribution in [2.75, 3.05) is 12.0 Å². The van der Waals surface area contributed by atoms with E-state index in [4.69, 9.17) is 25.7 Å². The van der Waals surface area contributed by atoms with Crippen LogP contribution in [0.1, 0.15) is 21.7 Å². The van der Waals surface area contributed by atoms with Crippen molar-refractivity contribution in [3.8, 4) is 5.75 Å². The molecule has 0 spiro atoms. The lowest BCUT2D eigenvalue weighted by molar-refractivity contribution is 0.0980. The molecule has 0 aliphatic carbocycles. The number of rotatable bonds is 5. The Morgan fingerprint density at radius 2 is 2.04 bits per heavy atom. The van der Waals surface area contributed by atoms with Gasteiger partial charge in [-0.15, -0.1) is 0 Å². The first-order valence-electron chi connectivity index (χ1n) is 8.61. The fourth-order valence-corrected chi connectivity index (χ4v) is 4.27. The van der Waals surface area contributed by atoms with E-state index >= 15 is 0 Å². The second-order valence-electron chi connectivity index (χ2n) is 6.21. The molecule has 142 valence electrons. The van der Waals surface area contributed by atoms with Crippen LogP contribution in [0.15, 0.2) is 59.2 Å². The molecule has 0 radical (unpaired) electrons. The number of halogens is 1. The number of amides is 1. The summed E-state index contributed by atoms with van der Waals surface area (Å²) in [6, 6.07) is 14.5. The summed E-state index contributed by atoms with van der Waals surface area (Å²) in [7, 11) is 1.55. The minimum absolute atomic E-state index is 0.221. The topological polar surface area (TPSA) is 55.6 Å². The molecule has 7 heteroatoms. The van der Waals surface area contributed by atoms with Crippen LogP contribution in [0.5, 0.6) is 5.75 Å². The number of furan rings is 1. The fraction of sp³-hybridized carbons (Fsp3) is 0.143. The summed E-state index contributed by atoms with van der Waals surface area (Å²) < 4.78 is 11.7. The number of nitrogens with zero attached hydrogens (tertiary/aromatic N) is 2. The monoisotopic (exact) mass is 412 g/mol. The number of aryl methyl sites for hydroxylation is 1. The zero-order valence-electron chi connectivity index (χ0n) is 15.3. The molecule has 4 rings (SSSR count). The summed E-state index contributed by atoms with van der Waals surface area (Å²) in [5, 5.41) is 1.17. The first-order valence-corrected chi connectivity index (χ1v) is 9.81. The van der Waals surface area contributed by atoms with Crippen molar-refractivity contribution >= 4 is 44.2 Å². The number of hydrogen-bond donors (Lipinski definition) is 0. The van der Waals surface area contributed by atoms with Crippen LogP contribution in [-0.2, 0) is 6.54 Å². The normalized spacial score (nSPS) is 11.0. The third-order valence-electron chi connectivity index (χ3n) is 4.39. The summed E-state index contributed by atoms with van der Waals surface area (Å²) >= 11 is 7.75. The molecule has 0 saturated heterocycles. The number of hydrogen-bond acceptors (Lipinski definition) is 5. The Bertz CT molecular complexity index is 1100. The lowest BCUT2D eigenvalue weighted by atomic mass is 10.1.